The Morgan fingerprint density at radius 2 is 1.89 bits per heavy atom. The maximum Gasteiger partial charge on any atom is 0.268 e. The molecule has 0 radical (unpaired) electrons. The third-order valence-corrected chi connectivity index (χ3v) is 4.19. The average molecular weight is 379 g/mol. The Labute approximate surface area is 159 Å². The molecule has 3 aromatic rings. The molecule has 0 aliphatic heterocycles. The van der Waals surface area contributed by atoms with E-state index in [0.717, 1.165) is 12.1 Å². The van der Waals surface area contributed by atoms with E-state index in [9.17, 15) is 18.4 Å². The van der Waals surface area contributed by atoms with Crippen LogP contribution in [-0.2, 0) is 6.54 Å². The van der Waals surface area contributed by atoms with Crippen LogP contribution in [0.25, 0.3) is 5.69 Å². The second kappa shape index (κ2) is 7.84. The lowest BCUT2D eigenvalue weighted by molar-refractivity contribution is 0.0949. The number of halogens is 2. The largest absolute Gasteiger partial charge is 0.348 e. The van der Waals surface area contributed by atoms with Gasteiger partial charge in [-0.25, -0.2) is 8.78 Å². The fraction of sp³-hybridized carbons (Fsp3) is 0.0952. The molecule has 5 nitrogen and oxygen atoms in total. The molecule has 0 aliphatic rings. The van der Waals surface area contributed by atoms with E-state index in [0.29, 0.717) is 22.5 Å². The molecule has 0 atom stereocenters. The molecule has 1 N–H and O–H groups in total. The first-order valence-corrected chi connectivity index (χ1v) is 8.36. The number of pyridine rings is 1. The maximum absolute atomic E-state index is 13.3. The van der Waals surface area contributed by atoms with Crippen LogP contribution in [0.1, 0.15) is 27.2 Å². The number of nitrogens with zero attached hydrogens (tertiary/aromatic N) is 2. The number of rotatable bonds is 4. The molecule has 1 amide bonds. The fourth-order valence-electron chi connectivity index (χ4n) is 2.77. The highest BCUT2D eigenvalue weighted by atomic mass is 19.2. The molecule has 7 heteroatoms. The van der Waals surface area contributed by atoms with Crippen molar-refractivity contribution in [2.75, 3.05) is 0 Å². The van der Waals surface area contributed by atoms with Gasteiger partial charge in [0.05, 0.1) is 17.3 Å². The van der Waals surface area contributed by atoms with Crippen LogP contribution >= 0.6 is 0 Å². The third-order valence-electron chi connectivity index (χ3n) is 4.19. The summed E-state index contributed by atoms with van der Waals surface area (Å²) in [6.07, 6.45) is 0. The maximum atomic E-state index is 13.3. The number of amides is 1. The van der Waals surface area contributed by atoms with Gasteiger partial charge in [0.2, 0.25) is 0 Å². The van der Waals surface area contributed by atoms with Crippen molar-refractivity contribution in [2.24, 2.45) is 0 Å². The summed E-state index contributed by atoms with van der Waals surface area (Å²) in [6.45, 7) is 1.65. The molecule has 0 saturated heterocycles. The Kier molecular flexibility index (Phi) is 5.32. The standard InChI is InChI=1S/C21H15F2N3O2/c1-13-5-7-17(20(27)25-12-15-6-8-18(22)19(23)10-15)21(28)26(13)16-4-2-3-14(9-16)11-24/h2-10H,12H2,1H3,(H,25,27). The Morgan fingerprint density at radius 3 is 2.61 bits per heavy atom. The van der Waals surface area contributed by atoms with E-state index < -0.39 is 23.1 Å². The number of hydrogen-bond acceptors (Lipinski definition) is 3. The Morgan fingerprint density at radius 1 is 1.11 bits per heavy atom. The summed E-state index contributed by atoms with van der Waals surface area (Å²) in [6, 6.07) is 14.8. The third kappa shape index (κ3) is 3.81. The van der Waals surface area contributed by atoms with Crippen LogP contribution < -0.4 is 10.9 Å². The van der Waals surface area contributed by atoms with Crippen molar-refractivity contribution in [1.29, 1.82) is 5.26 Å². The molecule has 140 valence electrons. The summed E-state index contributed by atoms with van der Waals surface area (Å²) in [5, 5.41) is 11.6. The number of nitrogens with one attached hydrogen (secondary N) is 1. The highest BCUT2D eigenvalue weighted by molar-refractivity contribution is 5.93. The lowest BCUT2D eigenvalue weighted by Crippen LogP contribution is -2.33. The Bertz CT molecular complexity index is 1160. The number of benzene rings is 2. The van der Waals surface area contributed by atoms with E-state index in [2.05, 4.69) is 5.32 Å². The number of aromatic nitrogens is 1. The first kappa shape index (κ1) is 19.0. The van der Waals surface area contributed by atoms with Crippen LogP contribution in [0.5, 0.6) is 0 Å². The first-order chi connectivity index (χ1) is 13.4. The minimum absolute atomic E-state index is 0.0622. The molecule has 0 unspecified atom stereocenters. The van der Waals surface area contributed by atoms with E-state index in [1.54, 1.807) is 37.3 Å². The van der Waals surface area contributed by atoms with Gasteiger partial charge in [-0.1, -0.05) is 12.1 Å². The zero-order valence-corrected chi connectivity index (χ0v) is 14.9. The quantitative estimate of drug-likeness (QED) is 0.756. The van der Waals surface area contributed by atoms with Gasteiger partial charge in [0.25, 0.3) is 11.5 Å². The molecule has 3 rings (SSSR count). The van der Waals surface area contributed by atoms with Gasteiger partial charge < -0.3 is 5.32 Å². The van der Waals surface area contributed by atoms with Gasteiger partial charge in [0.1, 0.15) is 5.56 Å². The van der Waals surface area contributed by atoms with Crippen LogP contribution in [0, 0.1) is 29.9 Å². The molecular formula is C21H15F2N3O2. The van der Waals surface area contributed by atoms with E-state index >= 15 is 0 Å². The molecule has 0 fully saturated rings. The van der Waals surface area contributed by atoms with Crippen LogP contribution in [0.3, 0.4) is 0 Å². The molecule has 0 bridgehead atoms. The second-order valence-electron chi connectivity index (χ2n) is 6.12. The van der Waals surface area contributed by atoms with Crippen molar-refractivity contribution in [1.82, 2.24) is 9.88 Å². The molecular weight excluding hydrogens is 364 g/mol. The van der Waals surface area contributed by atoms with Crippen molar-refractivity contribution < 1.29 is 13.6 Å². The van der Waals surface area contributed by atoms with Gasteiger partial charge in [-0.15, -0.1) is 0 Å². The fourth-order valence-corrected chi connectivity index (χ4v) is 2.77. The number of carbonyl (C=O) groups excluding carboxylic acids is 1. The molecule has 1 aromatic heterocycles. The summed E-state index contributed by atoms with van der Waals surface area (Å²) in [5.41, 5.74) is 1.17. The van der Waals surface area contributed by atoms with E-state index in [1.807, 2.05) is 6.07 Å². The smallest absolute Gasteiger partial charge is 0.268 e. The predicted octanol–water partition coefficient (Wildman–Crippen LogP) is 3.23. The van der Waals surface area contributed by atoms with Crippen LogP contribution in [0.2, 0.25) is 0 Å². The first-order valence-electron chi connectivity index (χ1n) is 8.36. The van der Waals surface area contributed by atoms with Gasteiger partial charge in [-0.3, -0.25) is 14.2 Å². The normalized spacial score (nSPS) is 10.4. The number of carbonyl (C=O) groups is 1. The molecule has 0 spiro atoms. The van der Waals surface area contributed by atoms with Crippen LogP contribution in [0.4, 0.5) is 8.78 Å². The summed E-state index contributed by atoms with van der Waals surface area (Å²) >= 11 is 0. The molecule has 0 saturated carbocycles. The van der Waals surface area contributed by atoms with E-state index in [1.165, 1.54) is 16.7 Å². The topological polar surface area (TPSA) is 74.9 Å². The number of aryl methyl sites for hydroxylation is 1. The highest BCUT2D eigenvalue weighted by Gasteiger charge is 2.15. The van der Waals surface area contributed by atoms with Crippen molar-refractivity contribution >= 4 is 5.91 Å². The predicted molar refractivity (Wildman–Crippen MR) is 99.0 cm³/mol. The molecule has 1 heterocycles. The van der Waals surface area contributed by atoms with Gasteiger partial charge >= 0.3 is 0 Å². The van der Waals surface area contributed by atoms with Crippen molar-refractivity contribution in [3.8, 4) is 11.8 Å². The van der Waals surface area contributed by atoms with Gasteiger partial charge in [-0.05, 0) is 55.0 Å². The van der Waals surface area contributed by atoms with Crippen molar-refractivity contribution in [3.63, 3.8) is 0 Å². The van der Waals surface area contributed by atoms with Gasteiger partial charge in [-0.2, -0.15) is 5.26 Å². The van der Waals surface area contributed by atoms with Gasteiger partial charge in [0, 0.05) is 12.2 Å². The van der Waals surface area contributed by atoms with Gasteiger partial charge in [0.15, 0.2) is 11.6 Å². The van der Waals surface area contributed by atoms with Crippen molar-refractivity contribution in [3.05, 3.63) is 99.0 Å². The minimum Gasteiger partial charge on any atom is -0.348 e. The Balaban J connectivity index is 1.90. The summed E-state index contributed by atoms with van der Waals surface area (Å²) < 4.78 is 27.6. The number of hydrogen-bond donors (Lipinski definition) is 1. The summed E-state index contributed by atoms with van der Waals surface area (Å²) in [4.78, 5) is 25.3. The average Bonchev–Trinajstić information content (AvgIpc) is 2.69. The molecule has 0 aliphatic carbocycles. The second-order valence-corrected chi connectivity index (χ2v) is 6.12. The zero-order valence-electron chi connectivity index (χ0n) is 14.9. The van der Waals surface area contributed by atoms with E-state index in [4.69, 9.17) is 5.26 Å². The van der Waals surface area contributed by atoms with Crippen molar-refractivity contribution in [2.45, 2.75) is 13.5 Å². The van der Waals surface area contributed by atoms with Crippen LogP contribution in [0.15, 0.2) is 59.4 Å². The van der Waals surface area contributed by atoms with E-state index in [-0.39, 0.29) is 12.1 Å². The lowest BCUT2D eigenvalue weighted by atomic mass is 10.1. The SMILES string of the molecule is Cc1ccc(C(=O)NCc2ccc(F)c(F)c2)c(=O)n1-c1cccc(C#N)c1. The monoisotopic (exact) mass is 379 g/mol. The summed E-state index contributed by atoms with van der Waals surface area (Å²) in [5.74, 6) is -2.63. The zero-order chi connectivity index (χ0) is 20.3. The van der Waals surface area contributed by atoms with Crippen LogP contribution in [-0.4, -0.2) is 10.5 Å². The Hall–Kier alpha value is -3.79. The molecule has 28 heavy (non-hydrogen) atoms. The molecule has 2 aromatic carbocycles. The highest BCUT2D eigenvalue weighted by Crippen LogP contribution is 2.12. The minimum atomic E-state index is -1.01. The number of nitriles is 1. The lowest BCUT2D eigenvalue weighted by Gasteiger charge is -2.12. The summed E-state index contributed by atoms with van der Waals surface area (Å²) in [7, 11) is 0.